The van der Waals surface area contributed by atoms with E-state index >= 15 is 0 Å². The number of ketones is 1. The van der Waals surface area contributed by atoms with Crippen molar-refractivity contribution in [1.82, 2.24) is 5.01 Å². The van der Waals surface area contributed by atoms with Crippen molar-refractivity contribution in [2.24, 2.45) is 5.10 Å². The van der Waals surface area contributed by atoms with E-state index in [2.05, 4.69) is 5.10 Å². The van der Waals surface area contributed by atoms with E-state index in [1.54, 1.807) is 6.07 Å². The number of carbonyl (C=O) groups is 2. The summed E-state index contributed by atoms with van der Waals surface area (Å²) in [6, 6.07) is 16.4. The van der Waals surface area contributed by atoms with Crippen molar-refractivity contribution < 1.29 is 14.7 Å². The Hall–Kier alpha value is -2.92. The molecule has 6 heteroatoms. The van der Waals surface area contributed by atoms with Gasteiger partial charge in [-0.2, -0.15) is 5.10 Å². The molecule has 2 aliphatic rings. The maximum Gasteiger partial charge on any atom is 0.258 e. The Kier molecular flexibility index (Phi) is 4.54. The molecule has 4 rings (SSSR count). The number of alkyl halides is 1. The Morgan fingerprint density at radius 1 is 1.15 bits per heavy atom. The number of rotatable bonds is 3. The molecule has 1 atom stereocenters. The second-order valence-electron chi connectivity index (χ2n) is 6.53. The van der Waals surface area contributed by atoms with E-state index in [1.165, 1.54) is 5.01 Å². The summed E-state index contributed by atoms with van der Waals surface area (Å²) in [6.07, 6.45) is 0.550. The number of allylic oxidation sites excluding steroid dienone is 1. The Bertz CT molecular complexity index is 982. The minimum absolute atomic E-state index is 0.0763. The molecule has 1 aliphatic carbocycles. The average molecular weight is 381 g/mol. The molecule has 1 amide bonds. The van der Waals surface area contributed by atoms with Crippen LogP contribution in [-0.4, -0.2) is 33.4 Å². The Morgan fingerprint density at radius 3 is 2.59 bits per heavy atom. The molecular weight excluding hydrogens is 364 g/mol. The predicted octanol–water partition coefficient (Wildman–Crippen LogP) is 3.65. The summed E-state index contributed by atoms with van der Waals surface area (Å²) < 4.78 is 0. The summed E-state index contributed by atoms with van der Waals surface area (Å²) in [7, 11) is 0. The van der Waals surface area contributed by atoms with Crippen LogP contribution >= 0.6 is 11.6 Å². The lowest BCUT2D eigenvalue weighted by atomic mass is 9.85. The number of carbonyl (C=O) groups excluding carboxylic acids is 2. The van der Waals surface area contributed by atoms with Crippen LogP contribution < -0.4 is 0 Å². The Balaban J connectivity index is 1.78. The smallest absolute Gasteiger partial charge is 0.258 e. The van der Waals surface area contributed by atoms with Crippen molar-refractivity contribution >= 4 is 34.8 Å². The summed E-state index contributed by atoms with van der Waals surface area (Å²) >= 11 is 5.75. The van der Waals surface area contributed by atoms with Crippen molar-refractivity contribution in [3.05, 3.63) is 76.9 Å². The number of halogens is 1. The summed E-state index contributed by atoms with van der Waals surface area (Å²) in [5.41, 5.74) is 2.93. The van der Waals surface area contributed by atoms with Gasteiger partial charge in [0, 0.05) is 18.4 Å². The third-order valence-corrected chi connectivity index (χ3v) is 5.12. The van der Waals surface area contributed by atoms with E-state index in [9.17, 15) is 14.7 Å². The zero-order valence-corrected chi connectivity index (χ0v) is 15.2. The van der Waals surface area contributed by atoms with Crippen molar-refractivity contribution in [1.29, 1.82) is 0 Å². The van der Waals surface area contributed by atoms with Crippen LogP contribution in [0.3, 0.4) is 0 Å². The molecule has 136 valence electrons. The fourth-order valence-electron chi connectivity index (χ4n) is 3.62. The molecule has 0 bridgehead atoms. The minimum atomic E-state index is -0.349. The van der Waals surface area contributed by atoms with Crippen molar-refractivity contribution in [2.45, 2.75) is 18.9 Å². The molecule has 5 nitrogen and oxygen atoms in total. The third kappa shape index (κ3) is 3.04. The summed E-state index contributed by atoms with van der Waals surface area (Å²) in [6.45, 7) is 0. The van der Waals surface area contributed by atoms with Gasteiger partial charge >= 0.3 is 0 Å². The van der Waals surface area contributed by atoms with Gasteiger partial charge < -0.3 is 5.11 Å². The van der Waals surface area contributed by atoms with Crippen LogP contribution in [0.5, 0.6) is 0 Å². The molecule has 1 aliphatic heterocycles. The standard InChI is InChI=1S/C21H17ClN2O3/c22-12-19(26)24-17(13-6-2-1-3-7-13)11-16(23-24)20-18(25)10-14-8-4-5-9-15(14)21(20)27/h1-9,17,27H,10-12H2. The van der Waals surface area contributed by atoms with Gasteiger partial charge in [-0.3, -0.25) is 9.59 Å². The van der Waals surface area contributed by atoms with Crippen molar-refractivity contribution in [3.8, 4) is 0 Å². The van der Waals surface area contributed by atoms with Gasteiger partial charge in [0.1, 0.15) is 11.6 Å². The second kappa shape index (κ2) is 7.00. The van der Waals surface area contributed by atoms with E-state index in [0.29, 0.717) is 17.7 Å². The molecule has 1 unspecified atom stereocenters. The number of aliphatic hydroxyl groups excluding tert-OH is 1. The van der Waals surface area contributed by atoms with Gasteiger partial charge in [-0.05, 0) is 11.1 Å². The summed E-state index contributed by atoms with van der Waals surface area (Å²) in [4.78, 5) is 25.0. The Labute approximate surface area is 161 Å². The summed E-state index contributed by atoms with van der Waals surface area (Å²) in [5, 5.41) is 16.5. The van der Waals surface area contributed by atoms with E-state index in [-0.39, 0.29) is 41.4 Å². The molecule has 0 aromatic heterocycles. The first-order chi connectivity index (χ1) is 13.1. The fraction of sp³-hybridized carbons (Fsp3) is 0.190. The van der Waals surface area contributed by atoms with Crippen LogP contribution in [0.4, 0.5) is 0 Å². The summed E-state index contributed by atoms with van der Waals surface area (Å²) in [5.74, 6) is -0.823. The van der Waals surface area contributed by atoms with Crippen molar-refractivity contribution in [3.63, 3.8) is 0 Å². The maximum atomic E-state index is 12.7. The number of amides is 1. The lowest BCUT2D eigenvalue weighted by Gasteiger charge is -2.21. The number of aliphatic hydroxyl groups is 1. The van der Waals surface area contributed by atoms with Crippen LogP contribution in [0, 0.1) is 0 Å². The number of fused-ring (bicyclic) bond motifs is 1. The quantitative estimate of drug-likeness (QED) is 0.826. The van der Waals surface area contributed by atoms with Gasteiger partial charge in [0.2, 0.25) is 0 Å². The minimum Gasteiger partial charge on any atom is -0.506 e. The fourth-order valence-corrected chi connectivity index (χ4v) is 3.74. The number of hydrogen-bond donors (Lipinski definition) is 1. The van der Waals surface area contributed by atoms with E-state index in [0.717, 1.165) is 11.1 Å². The van der Waals surface area contributed by atoms with E-state index in [1.807, 2.05) is 48.5 Å². The number of benzene rings is 2. The van der Waals surface area contributed by atoms with Crippen LogP contribution in [0.25, 0.3) is 5.76 Å². The van der Waals surface area contributed by atoms with Crippen molar-refractivity contribution in [2.75, 3.05) is 5.88 Å². The number of nitrogens with zero attached hydrogens (tertiary/aromatic N) is 2. The molecular formula is C21H17ClN2O3. The average Bonchev–Trinajstić information content (AvgIpc) is 3.13. The zero-order valence-electron chi connectivity index (χ0n) is 14.4. The van der Waals surface area contributed by atoms with Crippen LogP contribution in [0.1, 0.15) is 29.2 Å². The highest BCUT2D eigenvalue weighted by Gasteiger charge is 2.37. The lowest BCUT2D eigenvalue weighted by molar-refractivity contribution is -0.130. The highest BCUT2D eigenvalue weighted by Crippen LogP contribution is 2.36. The second-order valence-corrected chi connectivity index (χ2v) is 6.80. The van der Waals surface area contributed by atoms with Crippen LogP contribution in [-0.2, 0) is 16.0 Å². The number of hydrogen-bond acceptors (Lipinski definition) is 4. The molecule has 1 N–H and O–H groups in total. The molecule has 0 saturated heterocycles. The number of Topliss-reactive ketones (excluding diaryl/α,β-unsaturated/α-hetero) is 1. The first-order valence-corrected chi connectivity index (χ1v) is 9.19. The highest BCUT2D eigenvalue weighted by atomic mass is 35.5. The normalized spacial score (nSPS) is 19.1. The van der Waals surface area contributed by atoms with Gasteiger partial charge in [-0.25, -0.2) is 5.01 Å². The van der Waals surface area contributed by atoms with Gasteiger partial charge in [0.15, 0.2) is 5.78 Å². The molecule has 2 aromatic rings. The molecule has 2 aromatic carbocycles. The lowest BCUT2D eigenvalue weighted by Crippen LogP contribution is -2.27. The van der Waals surface area contributed by atoms with E-state index in [4.69, 9.17) is 11.6 Å². The van der Waals surface area contributed by atoms with Crippen LogP contribution in [0.2, 0.25) is 0 Å². The van der Waals surface area contributed by atoms with Gasteiger partial charge in [0.25, 0.3) is 5.91 Å². The molecule has 0 spiro atoms. The van der Waals surface area contributed by atoms with Gasteiger partial charge in [-0.15, -0.1) is 11.6 Å². The molecule has 1 heterocycles. The topological polar surface area (TPSA) is 70.0 Å². The molecule has 0 radical (unpaired) electrons. The highest BCUT2D eigenvalue weighted by molar-refractivity contribution is 6.30. The van der Waals surface area contributed by atoms with E-state index < -0.39 is 0 Å². The third-order valence-electron chi connectivity index (χ3n) is 4.89. The monoisotopic (exact) mass is 380 g/mol. The zero-order chi connectivity index (χ0) is 19.0. The SMILES string of the molecule is O=C1Cc2ccccc2C(O)=C1C1=NN(C(=O)CCl)C(c2ccccc2)C1. The predicted molar refractivity (Wildman–Crippen MR) is 104 cm³/mol. The Morgan fingerprint density at radius 2 is 1.85 bits per heavy atom. The van der Waals surface area contributed by atoms with Gasteiger partial charge in [-0.1, -0.05) is 54.6 Å². The maximum absolute atomic E-state index is 12.7. The number of hydrazone groups is 1. The first-order valence-electron chi connectivity index (χ1n) is 8.65. The van der Waals surface area contributed by atoms with Gasteiger partial charge in [0.05, 0.1) is 17.3 Å². The molecule has 0 fully saturated rings. The van der Waals surface area contributed by atoms with Crippen LogP contribution in [0.15, 0.2) is 65.3 Å². The first kappa shape index (κ1) is 17.5. The largest absolute Gasteiger partial charge is 0.506 e. The molecule has 0 saturated carbocycles. The molecule has 27 heavy (non-hydrogen) atoms.